The van der Waals surface area contributed by atoms with Crippen LogP contribution in [0.1, 0.15) is 26.3 Å². The third-order valence-electron chi connectivity index (χ3n) is 1.74. The summed E-state index contributed by atoms with van der Waals surface area (Å²) >= 11 is 0. The van der Waals surface area contributed by atoms with Crippen molar-refractivity contribution >= 4 is 0 Å². The molecule has 0 aromatic heterocycles. The summed E-state index contributed by atoms with van der Waals surface area (Å²) in [6, 6.07) is 2.97. The van der Waals surface area contributed by atoms with Gasteiger partial charge < -0.3 is 9.47 Å². The predicted octanol–water partition coefficient (Wildman–Crippen LogP) is 3.57. The summed E-state index contributed by atoms with van der Waals surface area (Å²) < 4.78 is 23.3. The lowest BCUT2D eigenvalue weighted by Gasteiger charge is -2.10. The zero-order valence-electron chi connectivity index (χ0n) is 10.1. The van der Waals surface area contributed by atoms with E-state index in [1.165, 1.54) is 13.2 Å². The topological polar surface area (TPSA) is 18.5 Å². The summed E-state index contributed by atoms with van der Waals surface area (Å²) in [5.74, 6) is 0.745. The molecule has 1 rings (SSSR count). The van der Waals surface area contributed by atoms with E-state index in [9.17, 15) is 4.39 Å². The van der Waals surface area contributed by atoms with Crippen LogP contribution in [0.5, 0.6) is 11.5 Å². The van der Waals surface area contributed by atoms with Crippen LogP contribution in [0, 0.1) is 12.7 Å². The van der Waals surface area contributed by atoms with Crippen LogP contribution < -0.4 is 9.47 Å². The number of aryl methyl sites for hydroxylation is 1. The maximum absolute atomic E-state index is 13.1. The number of ether oxygens (including phenoxy) is 2. The monoisotopic (exact) mass is 214 g/mol. The summed E-state index contributed by atoms with van der Waals surface area (Å²) in [6.07, 6.45) is 0. The Labute approximate surface area is 91.0 Å². The van der Waals surface area contributed by atoms with E-state index in [4.69, 9.17) is 9.47 Å². The number of benzene rings is 1. The van der Waals surface area contributed by atoms with E-state index < -0.39 is 0 Å². The first-order chi connectivity index (χ1) is 7.19. The third-order valence-corrected chi connectivity index (χ3v) is 1.74. The van der Waals surface area contributed by atoms with Crippen molar-refractivity contribution < 1.29 is 13.9 Å². The lowest BCUT2D eigenvalue weighted by Crippen LogP contribution is -1.97. The molecule has 1 aromatic rings. The first-order valence-corrected chi connectivity index (χ1v) is 5.16. The van der Waals surface area contributed by atoms with Crippen molar-refractivity contribution in [2.45, 2.75) is 27.7 Å². The molecule has 1 aromatic carbocycles. The fourth-order valence-electron chi connectivity index (χ4n) is 1.06. The molecule has 0 aliphatic rings. The minimum atomic E-state index is -0.277. The van der Waals surface area contributed by atoms with Crippen LogP contribution in [0.15, 0.2) is 12.1 Å². The summed E-state index contributed by atoms with van der Waals surface area (Å²) in [4.78, 5) is 0. The van der Waals surface area contributed by atoms with E-state index in [1.54, 1.807) is 13.0 Å². The molecule has 2 nitrogen and oxygen atoms in total. The highest BCUT2D eigenvalue weighted by atomic mass is 19.1. The van der Waals surface area contributed by atoms with E-state index in [0.29, 0.717) is 23.7 Å². The van der Waals surface area contributed by atoms with Gasteiger partial charge in [-0.25, -0.2) is 4.39 Å². The Morgan fingerprint density at radius 3 is 2.27 bits per heavy atom. The molecule has 0 aliphatic carbocycles. The maximum atomic E-state index is 13.1. The zero-order valence-corrected chi connectivity index (χ0v) is 10.1. The predicted molar refractivity (Wildman–Crippen MR) is 60.2 cm³/mol. The van der Waals surface area contributed by atoms with Gasteiger partial charge in [-0.3, -0.25) is 0 Å². The smallest absolute Gasteiger partial charge is 0.163 e. The molecular formula is C12H19FO2. The van der Waals surface area contributed by atoms with Crippen LogP contribution in [0.4, 0.5) is 4.39 Å². The largest absolute Gasteiger partial charge is 0.493 e. The Kier molecular flexibility index (Phi) is 6.50. The third kappa shape index (κ3) is 3.78. The molecule has 0 N–H and O–H groups in total. The lowest BCUT2D eigenvalue weighted by molar-refractivity contribution is 0.309. The Balaban J connectivity index is 0.000000921. The highest BCUT2D eigenvalue weighted by Gasteiger charge is 2.07. The molecule has 0 spiro atoms. The summed E-state index contributed by atoms with van der Waals surface area (Å²) in [5.41, 5.74) is 0.559. The van der Waals surface area contributed by atoms with Crippen LogP contribution in [0.25, 0.3) is 0 Å². The van der Waals surface area contributed by atoms with Crippen molar-refractivity contribution in [3.8, 4) is 11.5 Å². The fraction of sp³-hybridized carbons (Fsp3) is 0.500. The van der Waals surface area contributed by atoms with E-state index in [-0.39, 0.29) is 5.82 Å². The van der Waals surface area contributed by atoms with Gasteiger partial charge in [-0.05, 0) is 25.5 Å². The molecule has 0 fully saturated rings. The van der Waals surface area contributed by atoms with Gasteiger partial charge in [-0.1, -0.05) is 13.8 Å². The van der Waals surface area contributed by atoms with Crippen molar-refractivity contribution in [2.24, 2.45) is 0 Å². The molecule has 0 amide bonds. The average Bonchev–Trinajstić information content (AvgIpc) is 2.26. The molecule has 0 radical (unpaired) electrons. The van der Waals surface area contributed by atoms with Crippen LogP contribution >= 0.6 is 0 Å². The molecule has 0 bridgehead atoms. The molecule has 0 saturated heterocycles. The van der Waals surface area contributed by atoms with Crippen LogP contribution in [0.3, 0.4) is 0 Å². The van der Waals surface area contributed by atoms with Crippen molar-refractivity contribution in [2.75, 3.05) is 13.7 Å². The minimum Gasteiger partial charge on any atom is -0.493 e. The normalized spacial score (nSPS) is 8.93. The standard InChI is InChI=1S/C10H13FO2.C2H6/c1-4-13-10-5-7(2)8(11)6-9(10)12-3;1-2/h5-6H,4H2,1-3H3;1-2H3. The van der Waals surface area contributed by atoms with E-state index in [2.05, 4.69) is 0 Å². The zero-order chi connectivity index (χ0) is 11.8. The van der Waals surface area contributed by atoms with Crippen molar-refractivity contribution in [3.63, 3.8) is 0 Å². The van der Waals surface area contributed by atoms with Gasteiger partial charge in [0.1, 0.15) is 5.82 Å². The van der Waals surface area contributed by atoms with E-state index >= 15 is 0 Å². The van der Waals surface area contributed by atoms with Gasteiger partial charge in [0.15, 0.2) is 11.5 Å². The first kappa shape index (κ1) is 13.8. The van der Waals surface area contributed by atoms with Gasteiger partial charge in [0.05, 0.1) is 13.7 Å². The minimum absolute atomic E-state index is 0.277. The Hall–Kier alpha value is -1.25. The molecular weight excluding hydrogens is 195 g/mol. The van der Waals surface area contributed by atoms with Gasteiger partial charge in [0, 0.05) is 6.07 Å². The van der Waals surface area contributed by atoms with Crippen molar-refractivity contribution in [1.29, 1.82) is 0 Å². The summed E-state index contributed by atoms with van der Waals surface area (Å²) in [5, 5.41) is 0. The van der Waals surface area contributed by atoms with Gasteiger partial charge in [0.2, 0.25) is 0 Å². The van der Waals surface area contributed by atoms with Crippen molar-refractivity contribution in [3.05, 3.63) is 23.5 Å². The fourth-order valence-corrected chi connectivity index (χ4v) is 1.06. The quantitative estimate of drug-likeness (QED) is 0.765. The summed E-state index contributed by atoms with van der Waals surface area (Å²) in [7, 11) is 1.49. The molecule has 3 heteroatoms. The Morgan fingerprint density at radius 2 is 1.80 bits per heavy atom. The van der Waals surface area contributed by atoms with Crippen LogP contribution in [-0.2, 0) is 0 Å². The molecule has 15 heavy (non-hydrogen) atoms. The first-order valence-electron chi connectivity index (χ1n) is 5.16. The van der Waals surface area contributed by atoms with Gasteiger partial charge in [-0.2, -0.15) is 0 Å². The highest BCUT2D eigenvalue weighted by Crippen LogP contribution is 2.29. The molecule has 0 atom stereocenters. The number of halogens is 1. The summed E-state index contributed by atoms with van der Waals surface area (Å²) in [6.45, 7) is 8.11. The number of hydrogen-bond acceptors (Lipinski definition) is 2. The van der Waals surface area contributed by atoms with Crippen LogP contribution in [0.2, 0.25) is 0 Å². The SMILES string of the molecule is CC.CCOc1cc(C)c(F)cc1OC. The lowest BCUT2D eigenvalue weighted by atomic mass is 10.2. The molecule has 0 heterocycles. The maximum Gasteiger partial charge on any atom is 0.163 e. The highest BCUT2D eigenvalue weighted by molar-refractivity contribution is 5.43. The molecule has 0 saturated carbocycles. The van der Waals surface area contributed by atoms with Gasteiger partial charge in [0.25, 0.3) is 0 Å². The van der Waals surface area contributed by atoms with Crippen LogP contribution in [-0.4, -0.2) is 13.7 Å². The average molecular weight is 214 g/mol. The Morgan fingerprint density at radius 1 is 1.20 bits per heavy atom. The number of rotatable bonds is 3. The molecule has 0 unspecified atom stereocenters. The second-order valence-corrected chi connectivity index (χ2v) is 2.69. The number of hydrogen-bond donors (Lipinski definition) is 0. The van der Waals surface area contributed by atoms with Crippen molar-refractivity contribution in [1.82, 2.24) is 0 Å². The Bertz CT molecular complexity index is 298. The van der Waals surface area contributed by atoms with Gasteiger partial charge in [-0.15, -0.1) is 0 Å². The van der Waals surface area contributed by atoms with E-state index in [0.717, 1.165) is 0 Å². The van der Waals surface area contributed by atoms with E-state index in [1.807, 2.05) is 20.8 Å². The molecule has 86 valence electrons. The second kappa shape index (κ2) is 7.10. The second-order valence-electron chi connectivity index (χ2n) is 2.69. The molecule has 0 aliphatic heterocycles. The number of methoxy groups -OCH3 is 1. The van der Waals surface area contributed by atoms with Gasteiger partial charge >= 0.3 is 0 Å².